The van der Waals surface area contributed by atoms with Gasteiger partial charge in [0, 0.05) is 19.1 Å². The van der Waals surface area contributed by atoms with Crippen LogP contribution in [0.3, 0.4) is 0 Å². The van der Waals surface area contributed by atoms with Gasteiger partial charge in [-0.25, -0.2) is 12.7 Å². The van der Waals surface area contributed by atoms with Gasteiger partial charge in [-0.05, 0) is 19.0 Å². The van der Waals surface area contributed by atoms with E-state index in [1.165, 1.54) is 0 Å². The summed E-state index contributed by atoms with van der Waals surface area (Å²) in [5.41, 5.74) is 0.848. The molecule has 1 unspecified atom stereocenters. The number of likely N-dealkylation sites (N-methyl/N-ethyl adjacent to an activating group) is 1. The Kier molecular flexibility index (Phi) is 3.81. The molecule has 1 atom stereocenters. The molecule has 94 valence electrons. The molecule has 0 bridgehead atoms. The molecule has 1 saturated heterocycles. The maximum atomic E-state index is 12.2. The third-order valence-corrected chi connectivity index (χ3v) is 4.96. The molecule has 0 spiro atoms. The fourth-order valence-electron chi connectivity index (χ4n) is 2.09. The van der Waals surface area contributed by atoms with E-state index in [0.717, 1.165) is 12.0 Å². The van der Waals surface area contributed by atoms with E-state index in [0.29, 0.717) is 19.1 Å². The Hall–Kier alpha value is -0.910. The minimum Gasteiger partial charge on any atom is -0.316 e. The van der Waals surface area contributed by atoms with E-state index in [9.17, 15) is 8.42 Å². The van der Waals surface area contributed by atoms with Crippen LogP contribution < -0.4 is 5.32 Å². The second-order valence-electron chi connectivity index (χ2n) is 4.37. The van der Waals surface area contributed by atoms with Crippen LogP contribution in [0, 0.1) is 0 Å². The molecule has 1 heterocycles. The van der Waals surface area contributed by atoms with Crippen molar-refractivity contribution in [2.75, 3.05) is 20.1 Å². The lowest BCUT2D eigenvalue weighted by Crippen LogP contribution is -2.34. The zero-order chi connectivity index (χ0) is 12.3. The van der Waals surface area contributed by atoms with Gasteiger partial charge in [0.15, 0.2) is 0 Å². The van der Waals surface area contributed by atoms with E-state index in [2.05, 4.69) is 5.32 Å². The standard InChI is InChI=1S/C12H18N2O2S/c1-13-12-7-8-14(9-12)17(15,16)10-11-5-3-2-4-6-11/h2-6,12-13H,7-10H2,1H3. The lowest BCUT2D eigenvalue weighted by Gasteiger charge is -2.16. The van der Waals surface area contributed by atoms with Crippen molar-refractivity contribution in [1.29, 1.82) is 0 Å². The van der Waals surface area contributed by atoms with Gasteiger partial charge in [0.25, 0.3) is 0 Å². The van der Waals surface area contributed by atoms with Crippen molar-refractivity contribution in [3.63, 3.8) is 0 Å². The van der Waals surface area contributed by atoms with Gasteiger partial charge in [0.2, 0.25) is 10.0 Å². The summed E-state index contributed by atoms with van der Waals surface area (Å²) in [6, 6.07) is 9.62. The predicted molar refractivity (Wildman–Crippen MR) is 68.1 cm³/mol. The van der Waals surface area contributed by atoms with Gasteiger partial charge < -0.3 is 5.32 Å². The Labute approximate surface area is 103 Å². The van der Waals surface area contributed by atoms with E-state index in [-0.39, 0.29) is 5.75 Å². The fourth-order valence-corrected chi connectivity index (χ4v) is 3.68. The number of hydrogen-bond acceptors (Lipinski definition) is 3. The van der Waals surface area contributed by atoms with Gasteiger partial charge in [-0.2, -0.15) is 0 Å². The van der Waals surface area contributed by atoms with Crippen LogP contribution in [0.15, 0.2) is 30.3 Å². The molecule has 5 heteroatoms. The zero-order valence-corrected chi connectivity index (χ0v) is 10.8. The van der Waals surface area contributed by atoms with Crippen molar-refractivity contribution in [1.82, 2.24) is 9.62 Å². The van der Waals surface area contributed by atoms with Crippen LogP contribution in [0.1, 0.15) is 12.0 Å². The molecule has 1 fully saturated rings. The molecule has 0 aromatic heterocycles. The van der Waals surface area contributed by atoms with Crippen LogP contribution in [0.4, 0.5) is 0 Å². The van der Waals surface area contributed by atoms with Gasteiger partial charge in [-0.1, -0.05) is 30.3 Å². The first-order valence-electron chi connectivity index (χ1n) is 5.81. The van der Waals surface area contributed by atoms with Crippen molar-refractivity contribution >= 4 is 10.0 Å². The largest absolute Gasteiger partial charge is 0.316 e. The van der Waals surface area contributed by atoms with E-state index in [1.807, 2.05) is 37.4 Å². The molecule has 1 aliphatic heterocycles. The Bertz CT molecular complexity index is 459. The van der Waals surface area contributed by atoms with Gasteiger partial charge in [-0.15, -0.1) is 0 Å². The molecular formula is C12H18N2O2S. The fraction of sp³-hybridized carbons (Fsp3) is 0.500. The number of hydrogen-bond donors (Lipinski definition) is 1. The summed E-state index contributed by atoms with van der Waals surface area (Å²) >= 11 is 0. The van der Waals surface area contributed by atoms with Crippen molar-refractivity contribution in [3.05, 3.63) is 35.9 Å². The van der Waals surface area contributed by atoms with Gasteiger partial charge in [0.1, 0.15) is 0 Å². The quantitative estimate of drug-likeness (QED) is 0.865. The van der Waals surface area contributed by atoms with Crippen LogP contribution >= 0.6 is 0 Å². The zero-order valence-electron chi connectivity index (χ0n) is 9.96. The highest BCUT2D eigenvalue weighted by Gasteiger charge is 2.30. The first-order valence-corrected chi connectivity index (χ1v) is 7.42. The molecule has 1 aliphatic rings. The van der Waals surface area contributed by atoms with Crippen molar-refractivity contribution in [2.45, 2.75) is 18.2 Å². The normalized spacial score (nSPS) is 21.8. The predicted octanol–water partition coefficient (Wildman–Crippen LogP) is 0.810. The average molecular weight is 254 g/mol. The number of nitrogens with zero attached hydrogens (tertiary/aromatic N) is 1. The highest BCUT2D eigenvalue weighted by atomic mass is 32.2. The smallest absolute Gasteiger partial charge is 0.218 e. The van der Waals surface area contributed by atoms with Crippen molar-refractivity contribution in [3.8, 4) is 0 Å². The molecule has 0 radical (unpaired) electrons. The van der Waals surface area contributed by atoms with E-state index in [4.69, 9.17) is 0 Å². The van der Waals surface area contributed by atoms with E-state index < -0.39 is 10.0 Å². The first kappa shape index (κ1) is 12.5. The summed E-state index contributed by atoms with van der Waals surface area (Å²) in [5, 5.41) is 3.12. The summed E-state index contributed by atoms with van der Waals surface area (Å²) in [6.45, 7) is 1.21. The van der Waals surface area contributed by atoms with Crippen LogP contribution in [-0.4, -0.2) is 38.9 Å². The molecular weight excluding hydrogens is 236 g/mol. The molecule has 4 nitrogen and oxygen atoms in total. The minimum absolute atomic E-state index is 0.101. The maximum Gasteiger partial charge on any atom is 0.218 e. The Balaban J connectivity index is 2.05. The van der Waals surface area contributed by atoms with E-state index >= 15 is 0 Å². The number of sulfonamides is 1. The third-order valence-electron chi connectivity index (χ3n) is 3.14. The van der Waals surface area contributed by atoms with Gasteiger partial charge >= 0.3 is 0 Å². The number of nitrogens with one attached hydrogen (secondary N) is 1. The molecule has 0 aliphatic carbocycles. The summed E-state index contributed by atoms with van der Waals surface area (Å²) in [4.78, 5) is 0. The lowest BCUT2D eigenvalue weighted by molar-refractivity contribution is 0.464. The third kappa shape index (κ3) is 3.06. The van der Waals surface area contributed by atoms with Crippen LogP contribution in [0.25, 0.3) is 0 Å². The molecule has 1 aromatic rings. The molecule has 0 saturated carbocycles. The first-order chi connectivity index (χ1) is 8.12. The maximum absolute atomic E-state index is 12.2. The molecule has 1 aromatic carbocycles. The SMILES string of the molecule is CNC1CCN(S(=O)(=O)Cc2ccccc2)C1. The minimum atomic E-state index is -3.16. The van der Waals surface area contributed by atoms with Crippen LogP contribution in [0.5, 0.6) is 0 Å². The molecule has 0 amide bonds. The topological polar surface area (TPSA) is 49.4 Å². The Morgan fingerprint density at radius 3 is 2.65 bits per heavy atom. The highest BCUT2D eigenvalue weighted by molar-refractivity contribution is 7.88. The average Bonchev–Trinajstić information content (AvgIpc) is 2.79. The van der Waals surface area contributed by atoms with Crippen LogP contribution in [-0.2, 0) is 15.8 Å². The number of rotatable bonds is 4. The summed E-state index contributed by atoms with van der Waals surface area (Å²) in [6.07, 6.45) is 0.893. The second kappa shape index (κ2) is 5.16. The lowest BCUT2D eigenvalue weighted by atomic mass is 10.2. The van der Waals surface area contributed by atoms with Crippen LogP contribution in [0.2, 0.25) is 0 Å². The summed E-state index contributed by atoms with van der Waals surface area (Å²) in [7, 11) is -1.29. The Morgan fingerprint density at radius 1 is 1.35 bits per heavy atom. The Morgan fingerprint density at radius 2 is 2.06 bits per heavy atom. The van der Waals surface area contributed by atoms with Crippen molar-refractivity contribution < 1.29 is 8.42 Å². The van der Waals surface area contributed by atoms with Gasteiger partial charge in [0.05, 0.1) is 5.75 Å². The highest BCUT2D eigenvalue weighted by Crippen LogP contribution is 2.17. The summed E-state index contributed by atoms with van der Waals surface area (Å²) in [5.74, 6) is 0.101. The van der Waals surface area contributed by atoms with Gasteiger partial charge in [-0.3, -0.25) is 0 Å². The number of benzene rings is 1. The second-order valence-corrected chi connectivity index (χ2v) is 6.34. The molecule has 17 heavy (non-hydrogen) atoms. The monoisotopic (exact) mass is 254 g/mol. The van der Waals surface area contributed by atoms with Crippen molar-refractivity contribution in [2.24, 2.45) is 0 Å². The van der Waals surface area contributed by atoms with E-state index in [1.54, 1.807) is 4.31 Å². The summed E-state index contributed by atoms with van der Waals surface area (Å²) < 4.78 is 25.9. The molecule has 1 N–H and O–H groups in total. The molecule has 2 rings (SSSR count).